The molecule has 2 aliphatic heterocycles. The van der Waals surface area contributed by atoms with Crippen molar-refractivity contribution in [2.45, 2.75) is 26.7 Å². The summed E-state index contributed by atoms with van der Waals surface area (Å²) in [5.41, 5.74) is 3.30. The van der Waals surface area contributed by atoms with Crippen LogP contribution >= 0.6 is 11.6 Å². The standard InChI is InChI=1S/C22H28ClN5O/c1-16-5-7-19(23)14-20(16)26-10-12-27(13-11-26)22(29)18-4-3-9-28(15-18)21-8-6-17(2)24-25-21/h5-8,14,18H,3-4,9-13,15H2,1-2H3. The van der Waals surface area contributed by atoms with Crippen LogP contribution in [0.1, 0.15) is 24.1 Å². The summed E-state index contributed by atoms with van der Waals surface area (Å²) in [6.45, 7) is 8.89. The van der Waals surface area contributed by atoms with E-state index in [0.717, 1.165) is 68.6 Å². The van der Waals surface area contributed by atoms with Crippen LogP contribution in [0.15, 0.2) is 30.3 Å². The van der Waals surface area contributed by atoms with Gasteiger partial charge in [0.05, 0.1) is 11.6 Å². The van der Waals surface area contributed by atoms with E-state index in [9.17, 15) is 4.79 Å². The molecule has 1 aromatic carbocycles. The SMILES string of the molecule is Cc1ccc(N2CCCC(C(=O)N3CCN(c4cc(Cl)ccc4C)CC3)C2)nn1. The van der Waals surface area contributed by atoms with Crippen molar-refractivity contribution in [2.24, 2.45) is 5.92 Å². The number of hydrogen-bond donors (Lipinski definition) is 0. The van der Waals surface area contributed by atoms with E-state index in [2.05, 4.69) is 33.0 Å². The molecule has 29 heavy (non-hydrogen) atoms. The number of piperidine rings is 1. The normalized spacial score (nSPS) is 20.1. The van der Waals surface area contributed by atoms with Gasteiger partial charge in [0.2, 0.25) is 5.91 Å². The molecule has 154 valence electrons. The summed E-state index contributed by atoms with van der Waals surface area (Å²) in [5, 5.41) is 9.22. The average molecular weight is 414 g/mol. The van der Waals surface area contributed by atoms with E-state index in [-0.39, 0.29) is 11.8 Å². The molecule has 2 fully saturated rings. The molecule has 1 atom stereocenters. The van der Waals surface area contributed by atoms with E-state index in [0.29, 0.717) is 0 Å². The van der Waals surface area contributed by atoms with Crippen LogP contribution < -0.4 is 9.80 Å². The number of halogens is 1. The topological polar surface area (TPSA) is 52.6 Å². The Morgan fingerprint density at radius 3 is 2.52 bits per heavy atom. The van der Waals surface area contributed by atoms with Crippen LogP contribution in [0.3, 0.4) is 0 Å². The van der Waals surface area contributed by atoms with E-state index in [4.69, 9.17) is 11.6 Å². The molecule has 1 amide bonds. The largest absolute Gasteiger partial charge is 0.368 e. The van der Waals surface area contributed by atoms with Crippen LogP contribution in [0.4, 0.5) is 11.5 Å². The number of rotatable bonds is 3. The molecule has 0 spiro atoms. The zero-order valence-corrected chi connectivity index (χ0v) is 17.9. The van der Waals surface area contributed by atoms with Gasteiger partial charge in [-0.25, -0.2) is 0 Å². The van der Waals surface area contributed by atoms with Gasteiger partial charge in [0.25, 0.3) is 0 Å². The first-order valence-electron chi connectivity index (χ1n) is 10.4. The van der Waals surface area contributed by atoms with Gasteiger partial charge >= 0.3 is 0 Å². The molecule has 6 nitrogen and oxygen atoms in total. The van der Waals surface area contributed by atoms with Crippen molar-refractivity contribution in [3.8, 4) is 0 Å². The second-order valence-electron chi connectivity index (χ2n) is 8.06. The van der Waals surface area contributed by atoms with Gasteiger partial charge in [-0.05, 0) is 56.5 Å². The predicted octanol–water partition coefficient (Wildman–Crippen LogP) is 3.31. The van der Waals surface area contributed by atoms with Gasteiger partial charge in [-0.15, -0.1) is 5.10 Å². The quantitative estimate of drug-likeness (QED) is 0.772. The van der Waals surface area contributed by atoms with Crippen molar-refractivity contribution in [2.75, 3.05) is 49.1 Å². The van der Waals surface area contributed by atoms with Gasteiger partial charge in [-0.3, -0.25) is 4.79 Å². The summed E-state index contributed by atoms with van der Waals surface area (Å²) in [5.74, 6) is 1.18. The molecular weight excluding hydrogens is 386 g/mol. The molecule has 0 radical (unpaired) electrons. The molecule has 1 aromatic heterocycles. The van der Waals surface area contributed by atoms with E-state index in [1.165, 1.54) is 11.3 Å². The predicted molar refractivity (Wildman–Crippen MR) is 117 cm³/mol. The van der Waals surface area contributed by atoms with Crippen LogP contribution in [0, 0.1) is 19.8 Å². The van der Waals surface area contributed by atoms with Crippen LogP contribution in [-0.2, 0) is 4.79 Å². The van der Waals surface area contributed by atoms with Crippen LogP contribution in [0.2, 0.25) is 5.02 Å². The van der Waals surface area contributed by atoms with E-state index < -0.39 is 0 Å². The molecule has 0 saturated carbocycles. The zero-order valence-electron chi connectivity index (χ0n) is 17.1. The number of anilines is 2. The van der Waals surface area contributed by atoms with Crippen molar-refractivity contribution in [3.05, 3.63) is 46.6 Å². The lowest BCUT2D eigenvalue weighted by atomic mass is 9.96. The van der Waals surface area contributed by atoms with Crippen molar-refractivity contribution in [1.29, 1.82) is 0 Å². The molecule has 7 heteroatoms. The van der Waals surface area contributed by atoms with E-state index in [1.54, 1.807) is 0 Å². The third-order valence-corrected chi connectivity index (χ3v) is 6.22. The summed E-state index contributed by atoms with van der Waals surface area (Å²) in [6.07, 6.45) is 1.95. The maximum absolute atomic E-state index is 13.2. The third-order valence-electron chi connectivity index (χ3n) is 5.98. The number of carbonyl (C=O) groups is 1. The molecule has 2 aliphatic rings. The summed E-state index contributed by atoms with van der Waals surface area (Å²) < 4.78 is 0. The zero-order chi connectivity index (χ0) is 20.4. The molecule has 2 aromatic rings. The molecule has 0 bridgehead atoms. The van der Waals surface area contributed by atoms with Crippen molar-refractivity contribution in [1.82, 2.24) is 15.1 Å². The number of carbonyl (C=O) groups excluding carboxylic acids is 1. The second-order valence-corrected chi connectivity index (χ2v) is 8.50. The van der Waals surface area contributed by atoms with Crippen molar-refractivity contribution >= 4 is 29.0 Å². The molecule has 2 saturated heterocycles. The maximum atomic E-state index is 13.2. The highest BCUT2D eigenvalue weighted by atomic mass is 35.5. The average Bonchev–Trinajstić information content (AvgIpc) is 2.76. The maximum Gasteiger partial charge on any atom is 0.227 e. The summed E-state index contributed by atoms with van der Waals surface area (Å²) in [6, 6.07) is 9.98. The van der Waals surface area contributed by atoms with Crippen LogP contribution in [0.5, 0.6) is 0 Å². The fraction of sp³-hybridized carbons (Fsp3) is 0.500. The number of aryl methyl sites for hydroxylation is 2. The Kier molecular flexibility index (Phi) is 5.90. The minimum absolute atomic E-state index is 0.0336. The monoisotopic (exact) mass is 413 g/mol. The first-order chi connectivity index (χ1) is 14.0. The number of amides is 1. The smallest absolute Gasteiger partial charge is 0.227 e. The van der Waals surface area contributed by atoms with E-state index >= 15 is 0 Å². The Morgan fingerprint density at radius 1 is 1.00 bits per heavy atom. The molecule has 1 unspecified atom stereocenters. The van der Waals surface area contributed by atoms with E-state index in [1.807, 2.05) is 36.1 Å². The highest BCUT2D eigenvalue weighted by molar-refractivity contribution is 6.30. The van der Waals surface area contributed by atoms with Crippen molar-refractivity contribution in [3.63, 3.8) is 0 Å². The fourth-order valence-electron chi connectivity index (χ4n) is 4.30. The Bertz CT molecular complexity index is 864. The van der Waals surface area contributed by atoms with Crippen LogP contribution in [-0.4, -0.2) is 60.3 Å². The number of nitrogens with zero attached hydrogens (tertiary/aromatic N) is 5. The number of benzene rings is 1. The second kappa shape index (κ2) is 8.57. The minimum atomic E-state index is 0.0336. The molecule has 4 rings (SSSR count). The first-order valence-corrected chi connectivity index (χ1v) is 10.7. The number of hydrogen-bond acceptors (Lipinski definition) is 5. The Labute approximate surface area is 177 Å². The Morgan fingerprint density at radius 2 is 1.79 bits per heavy atom. The van der Waals surface area contributed by atoms with Crippen molar-refractivity contribution < 1.29 is 4.79 Å². The third kappa shape index (κ3) is 4.47. The Hall–Kier alpha value is -2.34. The summed E-state index contributed by atoms with van der Waals surface area (Å²) >= 11 is 6.18. The van der Waals surface area contributed by atoms with Gasteiger partial charge in [0, 0.05) is 50.0 Å². The minimum Gasteiger partial charge on any atom is -0.368 e. The lowest BCUT2D eigenvalue weighted by Gasteiger charge is -2.40. The van der Waals surface area contributed by atoms with Gasteiger partial charge in [0.1, 0.15) is 0 Å². The lowest BCUT2D eigenvalue weighted by Crippen LogP contribution is -2.52. The van der Waals surface area contributed by atoms with Gasteiger partial charge < -0.3 is 14.7 Å². The fourth-order valence-corrected chi connectivity index (χ4v) is 4.46. The van der Waals surface area contributed by atoms with Gasteiger partial charge in [-0.1, -0.05) is 17.7 Å². The highest BCUT2D eigenvalue weighted by Crippen LogP contribution is 2.27. The molecule has 0 N–H and O–H groups in total. The molecular formula is C22H28ClN5O. The number of piperazine rings is 1. The van der Waals surface area contributed by atoms with Gasteiger partial charge in [-0.2, -0.15) is 5.10 Å². The Balaban J connectivity index is 1.36. The summed E-state index contributed by atoms with van der Waals surface area (Å²) in [4.78, 5) is 19.7. The summed E-state index contributed by atoms with van der Waals surface area (Å²) in [7, 11) is 0. The first kappa shape index (κ1) is 20.0. The molecule has 0 aliphatic carbocycles. The lowest BCUT2D eigenvalue weighted by molar-refractivity contribution is -0.136. The van der Waals surface area contributed by atoms with Gasteiger partial charge in [0.15, 0.2) is 5.82 Å². The molecule has 3 heterocycles. The highest BCUT2D eigenvalue weighted by Gasteiger charge is 2.31. The number of aromatic nitrogens is 2. The van der Waals surface area contributed by atoms with Crippen LogP contribution in [0.25, 0.3) is 0 Å².